The van der Waals surface area contributed by atoms with Gasteiger partial charge in [0.1, 0.15) is 18.0 Å². The molecule has 2 atom stereocenters. The van der Waals surface area contributed by atoms with Crippen LogP contribution in [-0.2, 0) is 0 Å². The van der Waals surface area contributed by atoms with Crippen molar-refractivity contribution >= 4 is 31.9 Å². The highest BCUT2D eigenvalue weighted by Crippen LogP contribution is 2.33. The predicted octanol–water partition coefficient (Wildman–Crippen LogP) is 1.74. The average Bonchev–Trinajstić information content (AvgIpc) is 2.14. The number of aliphatic hydroxyl groups excluding tert-OH is 3. The summed E-state index contributed by atoms with van der Waals surface area (Å²) in [4.78, 5) is 0. The fraction of sp³-hybridized carbons (Fsp3) is 0.333. The Morgan fingerprint density at radius 3 is 2.07 bits per heavy atom. The summed E-state index contributed by atoms with van der Waals surface area (Å²) in [6, 6.07) is 2.35. The van der Waals surface area contributed by atoms with Crippen molar-refractivity contribution in [2.75, 3.05) is 6.61 Å². The van der Waals surface area contributed by atoms with E-state index in [0.717, 1.165) is 0 Å². The third-order valence-electron chi connectivity index (χ3n) is 1.89. The van der Waals surface area contributed by atoms with Crippen LogP contribution in [-0.4, -0.2) is 28.0 Å². The van der Waals surface area contributed by atoms with Crippen LogP contribution in [0.4, 0.5) is 4.39 Å². The van der Waals surface area contributed by atoms with Crippen LogP contribution in [0.5, 0.6) is 0 Å². The molecule has 1 rings (SSSR count). The highest BCUT2D eigenvalue weighted by molar-refractivity contribution is 9.11. The molecule has 84 valence electrons. The summed E-state index contributed by atoms with van der Waals surface area (Å²) in [5, 5.41) is 27.6. The van der Waals surface area contributed by atoms with Crippen molar-refractivity contribution in [3.05, 3.63) is 32.5 Å². The van der Waals surface area contributed by atoms with Gasteiger partial charge in [-0.2, -0.15) is 0 Å². The molecule has 3 nitrogen and oxygen atoms in total. The SMILES string of the molecule is OCC(O)C(O)c1c(Br)cc(F)cc1Br. The third kappa shape index (κ3) is 2.98. The van der Waals surface area contributed by atoms with E-state index in [1.54, 1.807) is 0 Å². The van der Waals surface area contributed by atoms with Gasteiger partial charge >= 0.3 is 0 Å². The molecule has 0 fully saturated rings. The maximum Gasteiger partial charge on any atom is 0.125 e. The van der Waals surface area contributed by atoms with Gasteiger partial charge in [0, 0.05) is 14.5 Å². The molecule has 3 N–H and O–H groups in total. The minimum absolute atomic E-state index is 0.304. The molecular weight excluding hydrogens is 335 g/mol. The van der Waals surface area contributed by atoms with Gasteiger partial charge in [-0.25, -0.2) is 4.39 Å². The molecule has 0 saturated carbocycles. The number of hydrogen-bond donors (Lipinski definition) is 3. The Kier molecular flexibility index (Phi) is 4.66. The first kappa shape index (κ1) is 13.1. The van der Waals surface area contributed by atoms with Gasteiger partial charge in [0.25, 0.3) is 0 Å². The van der Waals surface area contributed by atoms with Crippen molar-refractivity contribution in [1.82, 2.24) is 0 Å². The van der Waals surface area contributed by atoms with Crippen LogP contribution in [0.25, 0.3) is 0 Å². The molecule has 0 saturated heterocycles. The Balaban J connectivity index is 3.13. The second-order valence-corrected chi connectivity index (χ2v) is 4.69. The van der Waals surface area contributed by atoms with E-state index >= 15 is 0 Å². The van der Waals surface area contributed by atoms with Gasteiger partial charge in [0.2, 0.25) is 0 Å². The van der Waals surface area contributed by atoms with Gasteiger partial charge in [-0.05, 0) is 12.1 Å². The van der Waals surface area contributed by atoms with Crippen molar-refractivity contribution in [2.24, 2.45) is 0 Å². The molecule has 0 radical (unpaired) electrons. The number of halogens is 3. The maximum absolute atomic E-state index is 12.9. The zero-order valence-corrected chi connectivity index (χ0v) is 10.7. The van der Waals surface area contributed by atoms with Crippen LogP contribution in [0.3, 0.4) is 0 Å². The lowest BCUT2D eigenvalue weighted by Crippen LogP contribution is -2.22. The minimum Gasteiger partial charge on any atom is -0.394 e. The molecule has 6 heteroatoms. The van der Waals surface area contributed by atoms with Crippen LogP contribution in [0, 0.1) is 5.82 Å². The van der Waals surface area contributed by atoms with E-state index in [1.807, 2.05) is 0 Å². The number of rotatable bonds is 3. The van der Waals surface area contributed by atoms with Crippen LogP contribution in [0.2, 0.25) is 0 Å². The van der Waals surface area contributed by atoms with E-state index in [-0.39, 0.29) is 0 Å². The Hall–Kier alpha value is -0.0100. The van der Waals surface area contributed by atoms with Crippen molar-refractivity contribution in [1.29, 1.82) is 0 Å². The Morgan fingerprint density at radius 1 is 1.20 bits per heavy atom. The zero-order chi connectivity index (χ0) is 11.6. The fourth-order valence-electron chi connectivity index (χ4n) is 1.13. The highest BCUT2D eigenvalue weighted by atomic mass is 79.9. The lowest BCUT2D eigenvalue weighted by atomic mass is 10.1. The Labute approximate surface area is 103 Å². The molecule has 15 heavy (non-hydrogen) atoms. The first-order valence-corrected chi connectivity index (χ1v) is 5.67. The van der Waals surface area contributed by atoms with E-state index in [1.165, 1.54) is 12.1 Å². The summed E-state index contributed by atoms with van der Waals surface area (Å²) in [5.74, 6) is -0.469. The van der Waals surface area contributed by atoms with Gasteiger partial charge in [-0.3, -0.25) is 0 Å². The standard InChI is InChI=1S/C9H9Br2FO3/c10-5-1-4(12)2-6(11)8(5)9(15)7(14)3-13/h1-2,7,9,13-15H,3H2. The van der Waals surface area contributed by atoms with Crippen molar-refractivity contribution in [3.63, 3.8) is 0 Å². The highest BCUT2D eigenvalue weighted by Gasteiger charge is 2.22. The lowest BCUT2D eigenvalue weighted by molar-refractivity contribution is -0.0159. The molecule has 0 amide bonds. The van der Waals surface area contributed by atoms with E-state index in [2.05, 4.69) is 31.9 Å². The molecule has 0 bridgehead atoms. The van der Waals surface area contributed by atoms with E-state index in [9.17, 15) is 14.6 Å². The third-order valence-corrected chi connectivity index (χ3v) is 3.20. The quantitative estimate of drug-likeness (QED) is 0.783. The van der Waals surface area contributed by atoms with E-state index < -0.39 is 24.6 Å². The summed E-state index contributed by atoms with van der Waals surface area (Å²) in [5.41, 5.74) is 0.304. The summed E-state index contributed by atoms with van der Waals surface area (Å²) in [6.45, 7) is -0.572. The second-order valence-electron chi connectivity index (χ2n) is 2.98. The Bertz CT molecular complexity index is 336. The second kappa shape index (κ2) is 5.36. The number of aliphatic hydroxyl groups is 3. The molecule has 1 aromatic carbocycles. The summed E-state index contributed by atoms with van der Waals surface area (Å²) >= 11 is 6.15. The van der Waals surface area contributed by atoms with Gasteiger partial charge in [-0.1, -0.05) is 31.9 Å². The largest absolute Gasteiger partial charge is 0.394 e. The van der Waals surface area contributed by atoms with Gasteiger partial charge in [0.05, 0.1) is 6.61 Å². The summed E-state index contributed by atoms with van der Waals surface area (Å²) in [6.07, 6.45) is -2.58. The zero-order valence-electron chi connectivity index (χ0n) is 7.49. The van der Waals surface area contributed by atoms with Crippen molar-refractivity contribution in [2.45, 2.75) is 12.2 Å². The molecule has 0 aliphatic rings. The average molecular weight is 344 g/mol. The normalized spacial score (nSPS) is 15.1. The van der Waals surface area contributed by atoms with Gasteiger partial charge in [-0.15, -0.1) is 0 Å². The topological polar surface area (TPSA) is 60.7 Å². The first-order chi connectivity index (χ1) is 6.97. The fourth-order valence-corrected chi connectivity index (χ4v) is 2.73. The monoisotopic (exact) mass is 342 g/mol. The van der Waals surface area contributed by atoms with E-state index in [4.69, 9.17) is 5.11 Å². The van der Waals surface area contributed by atoms with Crippen molar-refractivity contribution < 1.29 is 19.7 Å². The van der Waals surface area contributed by atoms with Crippen LogP contribution < -0.4 is 0 Å². The van der Waals surface area contributed by atoms with Gasteiger partial charge in [0.15, 0.2) is 0 Å². The molecule has 2 unspecified atom stereocenters. The summed E-state index contributed by atoms with van der Waals surface area (Å²) in [7, 11) is 0. The Morgan fingerprint density at radius 2 is 1.67 bits per heavy atom. The minimum atomic E-state index is -1.30. The molecule has 0 heterocycles. The molecule has 0 aromatic heterocycles. The molecule has 0 spiro atoms. The number of hydrogen-bond acceptors (Lipinski definition) is 3. The molecule has 1 aromatic rings. The summed E-state index contributed by atoms with van der Waals surface area (Å²) < 4.78 is 13.6. The van der Waals surface area contributed by atoms with Crippen LogP contribution in [0.1, 0.15) is 11.7 Å². The van der Waals surface area contributed by atoms with Crippen LogP contribution in [0.15, 0.2) is 21.1 Å². The smallest absolute Gasteiger partial charge is 0.125 e. The van der Waals surface area contributed by atoms with Crippen LogP contribution >= 0.6 is 31.9 Å². The van der Waals surface area contributed by atoms with Crippen molar-refractivity contribution in [3.8, 4) is 0 Å². The molecular formula is C9H9Br2FO3. The molecule has 0 aliphatic carbocycles. The lowest BCUT2D eigenvalue weighted by Gasteiger charge is -2.18. The first-order valence-electron chi connectivity index (χ1n) is 4.08. The predicted molar refractivity (Wildman–Crippen MR) is 59.9 cm³/mol. The number of benzene rings is 1. The van der Waals surface area contributed by atoms with Gasteiger partial charge < -0.3 is 15.3 Å². The van der Waals surface area contributed by atoms with E-state index in [0.29, 0.717) is 14.5 Å². The molecule has 0 aliphatic heterocycles. The maximum atomic E-state index is 12.9.